The lowest BCUT2D eigenvalue weighted by atomic mass is 10.2. The van der Waals surface area contributed by atoms with E-state index in [2.05, 4.69) is 5.10 Å². The second kappa shape index (κ2) is 6.17. The Labute approximate surface area is 126 Å². The molecule has 1 aromatic carbocycles. The first-order valence-corrected chi connectivity index (χ1v) is 6.72. The van der Waals surface area contributed by atoms with Crippen LogP contribution in [0.15, 0.2) is 59.3 Å². The first-order chi connectivity index (χ1) is 10.7. The third-order valence-electron chi connectivity index (χ3n) is 3.13. The summed E-state index contributed by atoms with van der Waals surface area (Å²) in [6.07, 6.45) is 2.95. The second-order valence-corrected chi connectivity index (χ2v) is 4.67. The fourth-order valence-corrected chi connectivity index (χ4v) is 2.09. The number of aromatic nitrogens is 2. The second-order valence-electron chi connectivity index (χ2n) is 4.67. The molecule has 3 rings (SSSR count). The summed E-state index contributed by atoms with van der Waals surface area (Å²) in [5.41, 5.74) is 0.963. The van der Waals surface area contributed by atoms with E-state index >= 15 is 0 Å². The zero-order valence-electron chi connectivity index (χ0n) is 11.7. The Morgan fingerprint density at radius 1 is 1.23 bits per heavy atom. The first kappa shape index (κ1) is 13.9. The van der Waals surface area contributed by atoms with Gasteiger partial charge in [-0.1, -0.05) is 30.3 Å². The van der Waals surface area contributed by atoms with Crippen LogP contribution in [0, 0.1) is 0 Å². The molecule has 0 atom stereocenters. The van der Waals surface area contributed by atoms with Crippen molar-refractivity contribution in [2.24, 2.45) is 0 Å². The van der Waals surface area contributed by atoms with Crippen molar-refractivity contribution in [3.8, 4) is 5.75 Å². The molecule has 0 radical (unpaired) electrons. The van der Waals surface area contributed by atoms with E-state index in [1.54, 1.807) is 12.1 Å². The number of hydrogen-bond acceptors (Lipinski definition) is 4. The molecule has 0 bridgehead atoms. The van der Waals surface area contributed by atoms with Crippen LogP contribution in [0.3, 0.4) is 0 Å². The van der Waals surface area contributed by atoms with E-state index < -0.39 is 5.97 Å². The van der Waals surface area contributed by atoms with E-state index in [-0.39, 0.29) is 24.6 Å². The number of nitrogens with zero attached hydrogens (tertiary/aromatic N) is 2. The summed E-state index contributed by atoms with van der Waals surface area (Å²) in [5.74, 6) is -0.227. The van der Waals surface area contributed by atoms with Gasteiger partial charge in [-0.2, -0.15) is 5.10 Å². The summed E-state index contributed by atoms with van der Waals surface area (Å²) in [4.78, 5) is 11.5. The minimum atomic E-state index is -1.09. The van der Waals surface area contributed by atoms with Gasteiger partial charge in [0, 0.05) is 0 Å². The highest BCUT2D eigenvalue weighted by Gasteiger charge is 2.20. The molecule has 0 aliphatic carbocycles. The fraction of sp³-hybridized carbons (Fsp3) is 0.125. The van der Waals surface area contributed by atoms with Crippen molar-refractivity contribution in [3.05, 3.63) is 71.9 Å². The molecule has 112 valence electrons. The van der Waals surface area contributed by atoms with Crippen LogP contribution in [0.4, 0.5) is 0 Å². The van der Waals surface area contributed by atoms with E-state index in [1.807, 2.05) is 30.3 Å². The highest BCUT2D eigenvalue weighted by atomic mass is 16.5. The van der Waals surface area contributed by atoms with Crippen molar-refractivity contribution in [3.63, 3.8) is 0 Å². The number of carboxylic acid groups (broad SMARTS) is 1. The van der Waals surface area contributed by atoms with Gasteiger partial charge in [0.15, 0.2) is 11.4 Å². The number of rotatable bonds is 6. The minimum absolute atomic E-state index is 0.00679. The van der Waals surface area contributed by atoms with Crippen LogP contribution in [0.2, 0.25) is 0 Å². The summed E-state index contributed by atoms with van der Waals surface area (Å²) in [5, 5.41) is 13.5. The molecule has 6 nitrogen and oxygen atoms in total. The van der Waals surface area contributed by atoms with Crippen LogP contribution in [-0.4, -0.2) is 20.9 Å². The molecular weight excluding hydrogens is 284 g/mol. The van der Waals surface area contributed by atoms with Gasteiger partial charge in [0.2, 0.25) is 0 Å². The molecule has 0 saturated carbocycles. The maximum Gasteiger partial charge on any atom is 0.358 e. The number of carbonyl (C=O) groups is 1. The Balaban J connectivity index is 1.79. The van der Waals surface area contributed by atoms with E-state index in [9.17, 15) is 9.90 Å². The largest absolute Gasteiger partial charge is 0.485 e. The van der Waals surface area contributed by atoms with E-state index in [1.165, 1.54) is 17.1 Å². The molecule has 6 heteroatoms. The molecule has 2 aromatic heterocycles. The molecule has 0 fully saturated rings. The normalized spacial score (nSPS) is 10.5. The maximum absolute atomic E-state index is 11.5. The molecule has 1 N–H and O–H groups in total. The molecule has 3 aromatic rings. The van der Waals surface area contributed by atoms with Gasteiger partial charge in [-0.15, -0.1) is 0 Å². The monoisotopic (exact) mass is 298 g/mol. The van der Waals surface area contributed by atoms with Gasteiger partial charge in [0.25, 0.3) is 0 Å². The van der Waals surface area contributed by atoms with Crippen LogP contribution in [0.5, 0.6) is 5.75 Å². The number of benzene rings is 1. The van der Waals surface area contributed by atoms with Crippen molar-refractivity contribution in [2.45, 2.75) is 13.2 Å². The van der Waals surface area contributed by atoms with Crippen molar-refractivity contribution in [2.75, 3.05) is 0 Å². The van der Waals surface area contributed by atoms with Crippen LogP contribution in [-0.2, 0) is 13.2 Å². The van der Waals surface area contributed by atoms with Crippen LogP contribution < -0.4 is 4.74 Å². The van der Waals surface area contributed by atoms with E-state index in [4.69, 9.17) is 9.15 Å². The zero-order chi connectivity index (χ0) is 15.4. The minimum Gasteiger partial charge on any atom is -0.485 e. The number of aromatic carboxylic acids is 1. The molecule has 0 saturated heterocycles. The van der Waals surface area contributed by atoms with Crippen LogP contribution in [0.1, 0.15) is 21.8 Å². The van der Waals surface area contributed by atoms with Crippen molar-refractivity contribution < 1.29 is 19.1 Å². The molecule has 0 aliphatic rings. The Kier molecular flexibility index (Phi) is 3.91. The Bertz CT molecular complexity index is 748. The van der Waals surface area contributed by atoms with Crippen LogP contribution >= 0.6 is 0 Å². The first-order valence-electron chi connectivity index (χ1n) is 6.72. The highest BCUT2D eigenvalue weighted by Crippen LogP contribution is 2.20. The van der Waals surface area contributed by atoms with E-state index in [0.29, 0.717) is 5.76 Å². The predicted molar refractivity (Wildman–Crippen MR) is 77.8 cm³/mol. The number of carboxylic acids is 1. The average molecular weight is 298 g/mol. The summed E-state index contributed by atoms with van der Waals surface area (Å²) in [6.45, 7) is 0.525. The smallest absolute Gasteiger partial charge is 0.358 e. The van der Waals surface area contributed by atoms with Gasteiger partial charge in [0.1, 0.15) is 18.9 Å². The van der Waals surface area contributed by atoms with E-state index in [0.717, 1.165) is 5.56 Å². The predicted octanol–water partition coefficient (Wildman–Crippen LogP) is 2.80. The lowest BCUT2D eigenvalue weighted by Crippen LogP contribution is -2.12. The quantitative estimate of drug-likeness (QED) is 0.757. The standard InChI is InChI=1S/C16H14N2O4/c19-16(20)15-14(22-11-12-5-2-1-3-6-12)9-17-18(15)10-13-7-4-8-21-13/h1-9H,10-11H2,(H,19,20). The number of furan rings is 1. The van der Waals surface area contributed by atoms with Crippen LogP contribution in [0.25, 0.3) is 0 Å². The lowest BCUT2D eigenvalue weighted by Gasteiger charge is -2.06. The molecule has 22 heavy (non-hydrogen) atoms. The molecule has 0 spiro atoms. The maximum atomic E-state index is 11.5. The van der Waals surface area contributed by atoms with Gasteiger partial charge in [-0.25, -0.2) is 9.48 Å². The third-order valence-corrected chi connectivity index (χ3v) is 3.13. The average Bonchev–Trinajstić information content (AvgIpc) is 3.16. The highest BCUT2D eigenvalue weighted by molar-refractivity contribution is 5.88. The summed E-state index contributed by atoms with van der Waals surface area (Å²) < 4.78 is 12.2. The van der Waals surface area contributed by atoms with Crippen molar-refractivity contribution in [1.29, 1.82) is 0 Å². The van der Waals surface area contributed by atoms with Gasteiger partial charge >= 0.3 is 5.97 Å². The lowest BCUT2D eigenvalue weighted by molar-refractivity contribution is 0.0678. The molecule has 0 unspecified atom stereocenters. The van der Waals surface area contributed by atoms with Crippen molar-refractivity contribution >= 4 is 5.97 Å². The molecule has 0 amide bonds. The topological polar surface area (TPSA) is 77.5 Å². The van der Waals surface area contributed by atoms with Crippen molar-refractivity contribution in [1.82, 2.24) is 9.78 Å². The van der Waals surface area contributed by atoms with Gasteiger partial charge in [0.05, 0.1) is 12.5 Å². The summed E-state index contributed by atoms with van der Waals surface area (Å²) in [6, 6.07) is 13.0. The molecule has 0 aliphatic heterocycles. The molecular formula is C16H14N2O4. The van der Waals surface area contributed by atoms with Gasteiger partial charge in [-0.3, -0.25) is 0 Å². The molecule has 2 heterocycles. The van der Waals surface area contributed by atoms with Gasteiger partial charge in [-0.05, 0) is 17.7 Å². The zero-order valence-corrected chi connectivity index (χ0v) is 11.7. The Morgan fingerprint density at radius 2 is 2.05 bits per heavy atom. The van der Waals surface area contributed by atoms with Gasteiger partial charge < -0.3 is 14.3 Å². The fourth-order valence-electron chi connectivity index (χ4n) is 2.09. The summed E-state index contributed by atoms with van der Waals surface area (Å²) in [7, 11) is 0. The number of ether oxygens (including phenoxy) is 1. The third kappa shape index (κ3) is 3.01. The SMILES string of the molecule is O=C(O)c1c(OCc2ccccc2)cnn1Cc1ccco1. The Morgan fingerprint density at radius 3 is 2.73 bits per heavy atom. The Hall–Kier alpha value is -3.02. The number of hydrogen-bond donors (Lipinski definition) is 1. The summed E-state index contributed by atoms with van der Waals surface area (Å²) >= 11 is 0.